The number of rotatable bonds is 6. The third-order valence-electron chi connectivity index (χ3n) is 5.16. The summed E-state index contributed by atoms with van der Waals surface area (Å²) in [7, 11) is -3.72. The average molecular weight is 381 g/mol. The number of carbonyl (C=O) groups is 1. The highest BCUT2D eigenvalue weighted by atomic mass is 32.2. The summed E-state index contributed by atoms with van der Waals surface area (Å²) in [4.78, 5) is 14.1. The van der Waals surface area contributed by atoms with Crippen LogP contribution in [-0.4, -0.2) is 45.0 Å². The Hall–Kier alpha value is -1.60. The SMILES string of the molecule is Cc1cc(OC2CCCC2)ccc1S(=O)(=O)NCC(=O)N1CCCCC1. The third kappa shape index (κ3) is 4.76. The molecule has 2 aliphatic rings. The van der Waals surface area contributed by atoms with Crippen LogP contribution < -0.4 is 9.46 Å². The Balaban J connectivity index is 1.61. The Morgan fingerprint density at radius 1 is 1.15 bits per heavy atom. The van der Waals surface area contributed by atoms with E-state index in [-0.39, 0.29) is 23.5 Å². The van der Waals surface area contributed by atoms with Crippen molar-refractivity contribution in [2.45, 2.75) is 62.9 Å². The van der Waals surface area contributed by atoms with Crippen molar-refractivity contribution in [1.29, 1.82) is 0 Å². The molecule has 1 heterocycles. The van der Waals surface area contributed by atoms with Gasteiger partial charge in [-0.15, -0.1) is 0 Å². The second-order valence-corrected chi connectivity index (χ2v) is 8.95. The molecule has 1 aromatic rings. The number of carbonyl (C=O) groups excluding carboxylic acids is 1. The summed E-state index contributed by atoms with van der Waals surface area (Å²) in [5.74, 6) is 0.546. The predicted octanol–water partition coefficient (Wildman–Crippen LogP) is 2.61. The first-order valence-electron chi connectivity index (χ1n) is 9.50. The Kier molecular flexibility index (Phi) is 6.19. The maximum absolute atomic E-state index is 12.6. The lowest BCUT2D eigenvalue weighted by molar-refractivity contribution is -0.130. The zero-order valence-electron chi connectivity index (χ0n) is 15.4. The lowest BCUT2D eigenvalue weighted by Crippen LogP contribution is -2.42. The van der Waals surface area contributed by atoms with Crippen molar-refractivity contribution in [1.82, 2.24) is 9.62 Å². The van der Waals surface area contributed by atoms with Crippen LogP contribution >= 0.6 is 0 Å². The summed E-state index contributed by atoms with van der Waals surface area (Å²) < 4.78 is 33.5. The van der Waals surface area contributed by atoms with Crippen molar-refractivity contribution in [2.75, 3.05) is 19.6 Å². The van der Waals surface area contributed by atoms with Crippen molar-refractivity contribution in [3.63, 3.8) is 0 Å². The molecule has 0 atom stereocenters. The second-order valence-electron chi connectivity index (χ2n) is 7.22. The number of benzene rings is 1. The summed E-state index contributed by atoms with van der Waals surface area (Å²) in [6.07, 6.45) is 7.82. The van der Waals surface area contributed by atoms with E-state index in [1.165, 1.54) is 12.8 Å². The second kappa shape index (κ2) is 8.39. The van der Waals surface area contributed by atoms with E-state index in [2.05, 4.69) is 4.72 Å². The number of hydrogen-bond donors (Lipinski definition) is 1. The molecule has 1 saturated carbocycles. The summed E-state index contributed by atoms with van der Waals surface area (Å²) in [5, 5.41) is 0. The molecule has 6 nitrogen and oxygen atoms in total. The molecule has 1 aliphatic carbocycles. The molecule has 0 bridgehead atoms. The first-order chi connectivity index (χ1) is 12.5. The summed E-state index contributed by atoms with van der Waals surface area (Å²) in [6, 6.07) is 5.03. The van der Waals surface area contributed by atoms with Gasteiger partial charge in [-0.25, -0.2) is 13.1 Å². The molecule has 0 aromatic heterocycles. The quantitative estimate of drug-likeness (QED) is 0.823. The van der Waals surface area contributed by atoms with Crippen LogP contribution in [0.1, 0.15) is 50.5 Å². The molecule has 1 saturated heterocycles. The molecule has 1 amide bonds. The molecule has 26 heavy (non-hydrogen) atoms. The number of nitrogens with one attached hydrogen (secondary N) is 1. The number of sulfonamides is 1. The van der Waals surface area contributed by atoms with Crippen LogP contribution in [0.5, 0.6) is 5.75 Å². The van der Waals surface area contributed by atoms with E-state index < -0.39 is 10.0 Å². The van der Waals surface area contributed by atoms with E-state index >= 15 is 0 Å². The van der Waals surface area contributed by atoms with Crippen LogP contribution in [-0.2, 0) is 14.8 Å². The van der Waals surface area contributed by atoms with Crippen molar-refractivity contribution in [2.24, 2.45) is 0 Å². The Morgan fingerprint density at radius 3 is 2.50 bits per heavy atom. The largest absolute Gasteiger partial charge is 0.490 e. The van der Waals surface area contributed by atoms with E-state index in [0.717, 1.165) is 32.1 Å². The Bertz CT molecular complexity index is 736. The van der Waals surface area contributed by atoms with Gasteiger partial charge >= 0.3 is 0 Å². The maximum atomic E-state index is 12.6. The highest BCUT2D eigenvalue weighted by Crippen LogP contribution is 2.26. The topological polar surface area (TPSA) is 75.7 Å². The molecule has 3 rings (SSSR count). The van der Waals surface area contributed by atoms with Crippen LogP contribution in [0.4, 0.5) is 0 Å². The van der Waals surface area contributed by atoms with Crippen molar-refractivity contribution in [3.05, 3.63) is 23.8 Å². The van der Waals surface area contributed by atoms with Crippen LogP contribution in [0.15, 0.2) is 23.1 Å². The van der Waals surface area contributed by atoms with Gasteiger partial charge in [0, 0.05) is 13.1 Å². The number of aryl methyl sites for hydroxylation is 1. The first-order valence-corrected chi connectivity index (χ1v) is 11.0. The van der Waals surface area contributed by atoms with Gasteiger partial charge in [-0.3, -0.25) is 4.79 Å². The van der Waals surface area contributed by atoms with Gasteiger partial charge in [-0.1, -0.05) is 0 Å². The fourth-order valence-corrected chi connectivity index (χ4v) is 4.88. The lowest BCUT2D eigenvalue weighted by atomic mass is 10.1. The first kappa shape index (κ1) is 19.2. The van der Waals surface area contributed by atoms with Gasteiger partial charge < -0.3 is 9.64 Å². The highest BCUT2D eigenvalue weighted by molar-refractivity contribution is 7.89. The predicted molar refractivity (Wildman–Crippen MR) is 99.7 cm³/mol. The minimum atomic E-state index is -3.72. The number of nitrogens with zero attached hydrogens (tertiary/aromatic N) is 1. The Morgan fingerprint density at radius 2 is 1.85 bits per heavy atom. The van der Waals surface area contributed by atoms with Gasteiger partial charge in [-0.2, -0.15) is 0 Å². The lowest BCUT2D eigenvalue weighted by Gasteiger charge is -2.26. The molecule has 1 aromatic carbocycles. The molecular weight excluding hydrogens is 352 g/mol. The molecular formula is C19H28N2O4S. The minimum Gasteiger partial charge on any atom is -0.490 e. The number of likely N-dealkylation sites (tertiary alicyclic amines) is 1. The molecule has 144 valence electrons. The standard InChI is InChI=1S/C19H28N2O4S/c1-15-13-17(25-16-7-3-4-8-16)9-10-18(15)26(23,24)20-14-19(22)21-11-5-2-6-12-21/h9-10,13,16,20H,2-8,11-12,14H2,1H3. The molecule has 2 fully saturated rings. The highest BCUT2D eigenvalue weighted by Gasteiger charge is 2.22. The van der Waals surface area contributed by atoms with Gasteiger partial charge in [0.2, 0.25) is 15.9 Å². The molecule has 1 N–H and O–H groups in total. The third-order valence-corrected chi connectivity index (χ3v) is 6.72. The van der Waals surface area contributed by atoms with Crippen molar-refractivity contribution in [3.8, 4) is 5.75 Å². The molecule has 1 aliphatic heterocycles. The monoisotopic (exact) mass is 380 g/mol. The molecule has 0 unspecified atom stereocenters. The van der Waals surface area contributed by atoms with Crippen LogP contribution in [0.3, 0.4) is 0 Å². The van der Waals surface area contributed by atoms with E-state index in [1.54, 1.807) is 30.0 Å². The number of hydrogen-bond acceptors (Lipinski definition) is 4. The van der Waals surface area contributed by atoms with E-state index in [4.69, 9.17) is 4.74 Å². The fraction of sp³-hybridized carbons (Fsp3) is 0.632. The van der Waals surface area contributed by atoms with Gasteiger partial charge in [-0.05, 0) is 75.6 Å². The maximum Gasteiger partial charge on any atom is 0.241 e. The smallest absolute Gasteiger partial charge is 0.241 e. The van der Waals surface area contributed by atoms with Crippen molar-refractivity contribution < 1.29 is 17.9 Å². The van der Waals surface area contributed by atoms with E-state index in [9.17, 15) is 13.2 Å². The summed E-state index contributed by atoms with van der Waals surface area (Å²) in [6.45, 7) is 2.99. The average Bonchev–Trinajstić information content (AvgIpc) is 3.13. The van der Waals surface area contributed by atoms with Crippen LogP contribution in [0.2, 0.25) is 0 Å². The summed E-state index contributed by atoms with van der Waals surface area (Å²) in [5.41, 5.74) is 0.624. The van der Waals surface area contributed by atoms with Gasteiger partial charge in [0.05, 0.1) is 17.5 Å². The van der Waals surface area contributed by atoms with E-state index in [0.29, 0.717) is 24.4 Å². The van der Waals surface area contributed by atoms with Gasteiger partial charge in [0.15, 0.2) is 0 Å². The number of ether oxygens (including phenoxy) is 1. The van der Waals surface area contributed by atoms with Crippen molar-refractivity contribution >= 4 is 15.9 Å². The normalized spacial score (nSPS) is 18.9. The molecule has 0 radical (unpaired) electrons. The number of piperidine rings is 1. The fourth-order valence-electron chi connectivity index (χ4n) is 3.68. The summed E-state index contributed by atoms with van der Waals surface area (Å²) >= 11 is 0. The molecule has 7 heteroatoms. The van der Waals surface area contributed by atoms with Gasteiger partial charge in [0.25, 0.3) is 0 Å². The molecule has 0 spiro atoms. The van der Waals surface area contributed by atoms with E-state index in [1.807, 2.05) is 0 Å². The zero-order valence-corrected chi connectivity index (χ0v) is 16.2. The van der Waals surface area contributed by atoms with Crippen LogP contribution in [0.25, 0.3) is 0 Å². The zero-order chi connectivity index (χ0) is 18.6. The van der Waals surface area contributed by atoms with Crippen LogP contribution in [0, 0.1) is 6.92 Å². The number of amides is 1. The van der Waals surface area contributed by atoms with Gasteiger partial charge in [0.1, 0.15) is 5.75 Å². The Labute approximate surface area is 156 Å². The minimum absolute atomic E-state index is 0.160.